The molecule has 2 rings (SSSR count). The van der Waals surface area contributed by atoms with Crippen molar-refractivity contribution in [1.82, 2.24) is 5.43 Å². The average Bonchev–Trinajstić information content (AvgIpc) is 3.04. The number of hydrazine groups is 1. The summed E-state index contributed by atoms with van der Waals surface area (Å²) in [5.41, 5.74) is 3.79. The van der Waals surface area contributed by atoms with E-state index in [1.165, 1.54) is 18.9 Å². The average molecular weight is 273 g/mol. The van der Waals surface area contributed by atoms with Crippen LogP contribution in [0.3, 0.4) is 0 Å². The van der Waals surface area contributed by atoms with Crippen molar-refractivity contribution in [1.29, 1.82) is 0 Å². The largest absolute Gasteiger partial charge is 0.271 e. The van der Waals surface area contributed by atoms with Gasteiger partial charge >= 0.3 is 0 Å². The summed E-state index contributed by atoms with van der Waals surface area (Å²) in [7, 11) is 0. The Morgan fingerprint density at radius 2 is 2.27 bits per heavy atom. The molecule has 1 aromatic rings. The molecule has 0 aliphatic heterocycles. The molecule has 1 saturated carbocycles. The Bertz CT molecular complexity index is 352. The van der Waals surface area contributed by atoms with E-state index in [9.17, 15) is 4.39 Å². The summed E-state index contributed by atoms with van der Waals surface area (Å²) in [5.74, 6) is 5.94. The fraction of sp³-hybridized carbons (Fsp3) is 0.455. The smallest absolute Gasteiger partial charge is 0.137 e. The molecular formula is C11H14BrFN2. The molecular weight excluding hydrogens is 259 g/mol. The van der Waals surface area contributed by atoms with Gasteiger partial charge in [0, 0.05) is 6.04 Å². The van der Waals surface area contributed by atoms with Gasteiger partial charge in [0.25, 0.3) is 0 Å². The number of benzene rings is 1. The van der Waals surface area contributed by atoms with Crippen LogP contribution in [0.4, 0.5) is 4.39 Å². The number of hydrogen-bond acceptors (Lipinski definition) is 2. The van der Waals surface area contributed by atoms with Gasteiger partial charge in [-0.05, 0) is 52.7 Å². The van der Waals surface area contributed by atoms with Crippen LogP contribution in [-0.2, 0) is 6.42 Å². The molecule has 15 heavy (non-hydrogen) atoms. The fourth-order valence-electron chi connectivity index (χ4n) is 1.80. The monoisotopic (exact) mass is 272 g/mol. The summed E-state index contributed by atoms with van der Waals surface area (Å²) in [6.45, 7) is 0. The van der Waals surface area contributed by atoms with Crippen LogP contribution < -0.4 is 11.3 Å². The molecule has 0 radical (unpaired) electrons. The minimum Gasteiger partial charge on any atom is -0.271 e. The summed E-state index contributed by atoms with van der Waals surface area (Å²) in [6, 6.07) is 5.38. The first-order valence-corrected chi connectivity index (χ1v) is 5.90. The third-order valence-electron chi connectivity index (χ3n) is 2.88. The molecule has 1 aliphatic rings. The van der Waals surface area contributed by atoms with Gasteiger partial charge in [-0.2, -0.15) is 0 Å². The predicted octanol–water partition coefficient (Wildman–Crippen LogP) is 2.37. The van der Waals surface area contributed by atoms with Crippen molar-refractivity contribution in [3.05, 3.63) is 34.1 Å². The Labute approximate surface area is 97.1 Å². The van der Waals surface area contributed by atoms with E-state index in [0.29, 0.717) is 10.4 Å². The third-order valence-corrected chi connectivity index (χ3v) is 3.76. The molecule has 3 N–H and O–H groups in total. The van der Waals surface area contributed by atoms with Gasteiger partial charge in [0.15, 0.2) is 0 Å². The highest BCUT2D eigenvalue weighted by atomic mass is 79.9. The van der Waals surface area contributed by atoms with Crippen LogP contribution in [0.1, 0.15) is 18.4 Å². The Kier molecular flexibility index (Phi) is 3.38. The van der Waals surface area contributed by atoms with Crippen LogP contribution in [0.15, 0.2) is 22.7 Å². The fourth-order valence-corrected chi connectivity index (χ4v) is 2.23. The lowest BCUT2D eigenvalue weighted by molar-refractivity contribution is 0.470. The van der Waals surface area contributed by atoms with E-state index in [-0.39, 0.29) is 11.9 Å². The lowest BCUT2D eigenvalue weighted by atomic mass is 10.0. The first-order chi connectivity index (χ1) is 7.22. The molecule has 2 nitrogen and oxygen atoms in total. The van der Waals surface area contributed by atoms with Crippen molar-refractivity contribution in [2.75, 3.05) is 0 Å². The molecule has 0 amide bonds. The van der Waals surface area contributed by atoms with Gasteiger partial charge in [0.05, 0.1) is 4.47 Å². The first-order valence-electron chi connectivity index (χ1n) is 5.11. The van der Waals surface area contributed by atoms with Gasteiger partial charge in [0.2, 0.25) is 0 Å². The molecule has 0 saturated heterocycles. The van der Waals surface area contributed by atoms with Crippen LogP contribution in [0, 0.1) is 11.7 Å². The molecule has 1 fully saturated rings. The molecule has 1 aromatic carbocycles. The lowest BCUT2D eigenvalue weighted by Gasteiger charge is -2.15. The molecule has 82 valence electrons. The highest BCUT2D eigenvalue weighted by Crippen LogP contribution is 2.34. The summed E-state index contributed by atoms with van der Waals surface area (Å²) < 4.78 is 13.8. The van der Waals surface area contributed by atoms with Gasteiger partial charge in [-0.3, -0.25) is 11.3 Å². The van der Waals surface area contributed by atoms with E-state index in [0.717, 1.165) is 12.0 Å². The van der Waals surface area contributed by atoms with Crippen molar-refractivity contribution in [2.45, 2.75) is 25.3 Å². The molecule has 1 aliphatic carbocycles. The van der Waals surface area contributed by atoms with Gasteiger partial charge in [-0.1, -0.05) is 12.1 Å². The maximum absolute atomic E-state index is 13.3. The van der Waals surface area contributed by atoms with Crippen LogP contribution in [0.2, 0.25) is 0 Å². The minimum absolute atomic E-state index is 0.209. The summed E-state index contributed by atoms with van der Waals surface area (Å²) in [5, 5.41) is 0. The number of hydrogen-bond donors (Lipinski definition) is 2. The molecule has 1 unspecified atom stereocenters. The highest BCUT2D eigenvalue weighted by molar-refractivity contribution is 9.10. The van der Waals surface area contributed by atoms with E-state index in [1.54, 1.807) is 6.07 Å². The van der Waals surface area contributed by atoms with Gasteiger partial charge in [0.1, 0.15) is 5.82 Å². The topological polar surface area (TPSA) is 38.0 Å². The summed E-state index contributed by atoms with van der Waals surface area (Å²) in [4.78, 5) is 0. The Morgan fingerprint density at radius 3 is 2.87 bits per heavy atom. The zero-order valence-corrected chi connectivity index (χ0v) is 9.93. The third kappa shape index (κ3) is 2.56. The maximum atomic E-state index is 13.3. The van der Waals surface area contributed by atoms with Gasteiger partial charge in [-0.25, -0.2) is 4.39 Å². The van der Waals surface area contributed by atoms with Crippen molar-refractivity contribution < 1.29 is 4.39 Å². The standard InChI is InChI=1S/C11H14BrFN2/c12-11-8(2-1-3-9(11)13)6-10(15-14)7-4-5-7/h1-3,7,10,15H,4-6,14H2. The zero-order chi connectivity index (χ0) is 10.8. The van der Waals surface area contributed by atoms with Crippen molar-refractivity contribution in [3.63, 3.8) is 0 Å². The van der Waals surface area contributed by atoms with Crippen molar-refractivity contribution in [3.8, 4) is 0 Å². The van der Waals surface area contributed by atoms with E-state index in [1.807, 2.05) is 6.07 Å². The highest BCUT2D eigenvalue weighted by Gasteiger charge is 2.30. The molecule has 4 heteroatoms. The van der Waals surface area contributed by atoms with E-state index >= 15 is 0 Å². The predicted molar refractivity (Wildman–Crippen MR) is 61.6 cm³/mol. The van der Waals surface area contributed by atoms with Crippen molar-refractivity contribution >= 4 is 15.9 Å². The lowest BCUT2D eigenvalue weighted by Crippen LogP contribution is -2.38. The SMILES string of the molecule is NNC(Cc1cccc(F)c1Br)C1CC1. The molecule has 0 heterocycles. The second kappa shape index (κ2) is 4.60. The van der Waals surface area contributed by atoms with E-state index < -0.39 is 0 Å². The molecule has 1 atom stereocenters. The second-order valence-corrected chi connectivity index (χ2v) is 4.82. The zero-order valence-electron chi connectivity index (χ0n) is 8.34. The van der Waals surface area contributed by atoms with Crippen LogP contribution >= 0.6 is 15.9 Å². The quantitative estimate of drug-likeness (QED) is 0.653. The Morgan fingerprint density at radius 1 is 1.53 bits per heavy atom. The van der Waals surface area contributed by atoms with Crippen LogP contribution in [0.5, 0.6) is 0 Å². The number of rotatable bonds is 4. The van der Waals surface area contributed by atoms with Crippen LogP contribution in [-0.4, -0.2) is 6.04 Å². The molecule has 0 aromatic heterocycles. The van der Waals surface area contributed by atoms with Crippen molar-refractivity contribution in [2.24, 2.45) is 11.8 Å². The summed E-state index contributed by atoms with van der Waals surface area (Å²) in [6.07, 6.45) is 3.23. The minimum atomic E-state index is -0.209. The number of halogens is 2. The Balaban J connectivity index is 2.11. The summed E-state index contributed by atoms with van der Waals surface area (Å²) >= 11 is 3.26. The number of nitrogens with two attached hydrogens (primary N) is 1. The maximum Gasteiger partial charge on any atom is 0.137 e. The first kappa shape index (κ1) is 11.0. The van der Waals surface area contributed by atoms with Crippen LogP contribution in [0.25, 0.3) is 0 Å². The Hall–Kier alpha value is -0.450. The van der Waals surface area contributed by atoms with Gasteiger partial charge in [-0.15, -0.1) is 0 Å². The second-order valence-electron chi connectivity index (χ2n) is 4.03. The normalized spacial score (nSPS) is 17.8. The van der Waals surface area contributed by atoms with Gasteiger partial charge < -0.3 is 0 Å². The van der Waals surface area contributed by atoms with E-state index in [4.69, 9.17) is 5.84 Å². The molecule has 0 bridgehead atoms. The molecule has 0 spiro atoms. The van der Waals surface area contributed by atoms with E-state index in [2.05, 4.69) is 21.4 Å². The number of nitrogens with one attached hydrogen (secondary N) is 1.